The second-order valence-electron chi connectivity index (χ2n) is 5.45. The van der Waals surface area contributed by atoms with Crippen LogP contribution in [0, 0.1) is 0 Å². The fourth-order valence-corrected chi connectivity index (χ4v) is 3.24. The Morgan fingerprint density at radius 3 is 2.09 bits per heavy atom. The lowest BCUT2D eigenvalue weighted by molar-refractivity contribution is 0.104. The van der Waals surface area contributed by atoms with Crippen LogP contribution < -0.4 is 9.47 Å². The van der Waals surface area contributed by atoms with E-state index in [1.54, 1.807) is 26.4 Å². The van der Waals surface area contributed by atoms with Gasteiger partial charge in [-0.15, -0.1) is 0 Å². The van der Waals surface area contributed by atoms with Crippen molar-refractivity contribution in [3.63, 3.8) is 0 Å². The molecule has 0 atom stereocenters. The lowest BCUT2D eigenvalue weighted by Gasteiger charge is -2.13. The lowest BCUT2D eigenvalue weighted by Crippen LogP contribution is -1.95. The largest absolute Gasteiger partial charge is 0.507 e. The monoisotopic (exact) mass is 306 g/mol. The zero-order chi connectivity index (χ0) is 16.1. The minimum Gasteiger partial charge on any atom is -0.507 e. The highest BCUT2D eigenvalue weighted by molar-refractivity contribution is 6.26. The van der Waals surface area contributed by atoms with E-state index in [0.717, 1.165) is 16.5 Å². The van der Waals surface area contributed by atoms with Crippen molar-refractivity contribution >= 4 is 16.6 Å². The molecule has 1 aliphatic carbocycles. The van der Waals surface area contributed by atoms with Crippen molar-refractivity contribution in [3.05, 3.63) is 53.6 Å². The third-order valence-corrected chi connectivity index (χ3v) is 4.31. The van der Waals surface area contributed by atoms with Crippen LogP contribution in [0.1, 0.15) is 15.9 Å². The molecule has 1 N–H and O–H groups in total. The second-order valence-corrected chi connectivity index (χ2v) is 5.45. The molecule has 0 saturated carbocycles. The zero-order valence-corrected chi connectivity index (χ0v) is 12.7. The van der Waals surface area contributed by atoms with Crippen molar-refractivity contribution in [3.8, 4) is 28.4 Å². The number of carbonyl (C=O) groups is 1. The van der Waals surface area contributed by atoms with E-state index < -0.39 is 0 Å². The van der Waals surface area contributed by atoms with Gasteiger partial charge < -0.3 is 14.6 Å². The van der Waals surface area contributed by atoms with E-state index in [0.29, 0.717) is 28.0 Å². The molecule has 23 heavy (non-hydrogen) atoms. The van der Waals surface area contributed by atoms with Gasteiger partial charge in [-0.3, -0.25) is 4.79 Å². The molecular weight excluding hydrogens is 292 g/mol. The van der Waals surface area contributed by atoms with Crippen LogP contribution in [0.2, 0.25) is 0 Å². The fraction of sp³-hybridized carbons (Fsp3) is 0.105. The topological polar surface area (TPSA) is 55.8 Å². The number of phenolic OH excluding ortho intramolecular Hbond substituents is 1. The van der Waals surface area contributed by atoms with Gasteiger partial charge in [0.25, 0.3) is 0 Å². The van der Waals surface area contributed by atoms with Crippen molar-refractivity contribution in [2.45, 2.75) is 0 Å². The first-order valence-electron chi connectivity index (χ1n) is 7.21. The number of rotatable bonds is 2. The highest BCUT2D eigenvalue weighted by Crippen LogP contribution is 2.47. The summed E-state index contributed by atoms with van der Waals surface area (Å²) in [5, 5.41) is 11.8. The van der Waals surface area contributed by atoms with Crippen LogP contribution in [-0.4, -0.2) is 25.1 Å². The molecule has 114 valence electrons. The molecule has 0 saturated heterocycles. The first-order chi connectivity index (χ1) is 11.2. The fourth-order valence-electron chi connectivity index (χ4n) is 3.24. The van der Waals surface area contributed by atoms with Gasteiger partial charge in [-0.1, -0.05) is 24.3 Å². The Hall–Kier alpha value is -3.01. The normalized spacial score (nSPS) is 12.2. The first-order valence-corrected chi connectivity index (χ1v) is 7.21. The van der Waals surface area contributed by atoms with Crippen molar-refractivity contribution in [2.24, 2.45) is 0 Å². The van der Waals surface area contributed by atoms with Gasteiger partial charge in [-0.2, -0.15) is 0 Å². The maximum absolute atomic E-state index is 12.6. The van der Waals surface area contributed by atoms with E-state index in [4.69, 9.17) is 9.47 Å². The smallest absolute Gasteiger partial charge is 0.194 e. The minimum absolute atomic E-state index is 0.0564. The molecule has 4 nitrogen and oxygen atoms in total. The number of methoxy groups -OCH3 is 2. The van der Waals surface area contributed by atoms with Crippen LogP contribution in [0.3, 0.4) is 0 Å². The highest BCUT2D eigenvalue weighted by Gasteiger charge is 2.29. The second kappa shape index (κ2) is 4.74. The molecule has 0 aliphatic heterocycles. The van der Waals surface area contributed by atoms with E-state index in [2.05, 4.69) is 0 Å². The molecule has 0 bridgehead atoms. The van der Waals surface area contributed by atoms with Gasteiger partial charge in [0.1, 0.15) is 5.75 Å². The van der Waals surface area contributed by atoms with E-state index in [1.165, 1.54) is 6.07 Å². The minimum atomic E-state index is -0.0671. The quantitative estimate of drug-likeness (QED) is 0.612. The molecule has 4 heteroatoms. The summed E-state index contributed by atoms with van der Waals surface area (Å²) in [6.07, 6.45) is 0. The number of aromatic hydroxyl groups is 1. The predicted molar refractivity (Wildman–Crippen MR) is 87.6 cm³/mol. The number of fused-ring (bicyclic) bond motifs is 5. The van der Waals surface area contributed by atoms with E-state index in [9.17, 15) is 9.90 Å². The molecular formula is C19H14O4. The summed E-state index contributed by atoms with van der Waals surface area (Å²) in [5.41, 5.74) is 2.89. The Bertz CT molecular complexity index is 973. The predicted octanol–water partition coefficient (Wildman–Crippen LogP) is 3.77. The Morgan fingerprint density at radius 1 is 0.826 bits per heavy atom. The summed E-state index contributed by atoms with van der Waals surface area (Å²) in [6, 6.07) is 12.5. The maximum atomic E-state index is 12.6. The number of phenols is 1. The lowest BCUT2D eigenvalue weighted by atomic mass is 9.96. The van der Waals surface area contributed by atoms with E-state index >= 15 is 0 Å². The van der Waals surface area contributed by atoms with Crippen molar-refractivity contribution in [2.75, 3.05) is 14.2 Å². The van der Waals surface area contributed by atoms with Gasteiger partial charge in [0.05, 0.1) is 14.2 Å². The van der Waals surface area contributed by atoms with Gasteiger partial charge >= 0.3 is 0 Å². The van der Waals surface area contributed by atoms with Gasteiger partial charge in [0, 0.05) is 22.1 Å². The maximum Gasteiger partial charge on any atom is 0.194 e. The molecule has 0 aromatic heterocycles. The average molecular weight is 306 g/mol. The summed E-state index contributed by atoms with van der Waals surface area (Å²) in [7, 11) is 3.11. The van der Waals surface area contributed by atoms with Crippen molar-refractivity contribution < 1.29 is 19.4 Å². The number of carbonyl (C=O) groups excluding carboxylic acids is 1. The summed E-state index contributed by atoms with van der Waals surface area (Å²) < 4.78 is 10.7. The molecule has 3 aromatic carbocycles. The molecule has 4 rings (SSSR count). The summed E-state index contributed by atoms with van der Waals surface area (Å²) in [4.78, 5) is 12.6. The van der Waals surface area contributed by atoms with Crippen LogP contribution in [0.5, 0.6) is 17.2 Å². The number of ketones is 1. The first kappa shape index (κ1) is 13.6. The Kier molecular flexibility index (Phi) is 2.81. The highest BCUT2D eigenvalue weighted by atomic mass is 16.5. The Morgan fingerprint density at radius 2 is 1.43 bits per heavy atom. The Labute approximate surface area is 132 Å². The average Bonchev–Trinajstić information content (AvgIpc) is 2.87. The summed E-state index contributed by atoms with van der Waals surface area (Å²) >= 11 is 0. The summed E-state index contributed by atoms with van der Waals surface area (Å²) in [5.74, 6) is 1.08. The molecule has 1 aliphatic rings. The van der Waals surface area contributed by atoms with Crippen molar-refractivity contribution in [1.82, 2.24) is 0 Å². The van der Waals surface area contributed by atoms with Crippen LogP contribution in [-0.2, 0) is 0 Å². The van der Waals surface area contributed by atoms with E-state index in [1.807, 2.05) is 24.3 Å². The van der Waals surface area contributed by atoms with Gasteiger partial charge in [0.2, 0.25) is 0 Å². The van der Waals surface area contributed by atoms with Gasteiger partial charge in [0.15, 0.2) is 17.3 Å². The molecule has 0 heterocycles. The number of hydrogen-bond donors (Lipinski definition) is 1. The van der Waals surface area contributed by atoms with Crippen molar-refractivity contribution in [1.29, 1.82) is 0 Å². The SMILES string of the molecule is COc1cc2c(O)cc3c(c2cc1OC)-c1ccccc1C3=O. The van der Waals surface area contributed by atoms with E-state index in [-0.39, 0.29) is 11.5 Å². The third-order valence-electron chi connectivity index (χ3n) is 4.31. The number of benzene rings is 3. The molecule has 0 spiro atoms. The Balaban J connectivity index is 2.17. The molecule has 0 amide bonds. The van der Waals surface area contributed by atoms with Crippen LogP contribution >= 0.6 is 0 Å². The third kappa shape index (κ3) is 1.75. The van der Waals surface area contributed by atoms with Crippen LogP contribution in [0.25, 0.3) is 21.9 Å². The molecule has 0 radical (unpaired) electrons. The van der Waals surface area contributed by atoms with Crippen LogP contribution in [0.15, 0.2) is 42.5 Å². The molecule has 0 unspecified atom stereocenters. The van der Waals surface area contributed by atoms with Gasteiger partial charge in [-0.05, 0) is 29.1 Å². The van der Waals surface area contributed by atoms with Gasteiger partial charge in [-0.25, -0.2) is 0 Å². The zero-order valence-electron chi connectivity index (χ0n) is 12.7. The standard InChI is InChI=1S/C19H14O4/c1-22-16-8-12-13(9-17(16)23-2)18-10-5-3-4-6-11(10)19(21)14(18)7-15(12)20/h3-9,20H,1-2H3. The number of hydrogen-bond acceptors (Lipinski definition) is 4. The number of ether oxygens (including phenoxy) is 2. The van der Waals surface area contributed by atoms with Crippen LogP contribution in [0.4, 0.5) is 0 Å². The summed E-state index contributed by atoms with van der Waals surface area (Å²) in [6.45, 7) is 0. The molecule has 0 fully saturated rings. The molecule has 3 aromatic rings.